The summed E-state index contributed by atoms with van der Waals surface area (Å²) >= 11 is 0. The molecule has 22 heavy (non-hydrogen) atoms. The first-order valence-electron chi connectivity index (χ1n) is 7.00. The molecular weight excluding hydrogens is 297 g/mol. The first-order valence-corrected chi connectivity index (χ1v) is 7.00. The zero-order valence-electron chi connectivity index (χ0n) is 11.9. The summed E-state index contributed by atoms with van der Waals surface area (Å²) in [7, 11) is 0. The Morgan fingerprint density at radius 2 is 2.14 bits per heavy atom. The van der Waals surface area contributed by atoms with Crippen LogP contribution in [0.5, 0.6) is 0 Å². The number of benzene rings is 1. The van der Waals surface area contributed by atoms with E-state index in [1.807, 2.05) is 11.8 Å². The second kappa shape index (κ2) is 5.01. The lowest BCUT2D eigenvalue weighted by Crippen LogP contribution is -2.34. The number of aliphatic hydroxyl groups excluding tert-OH is 1. The van der Waals surface area contributed by atoms with Crippen molar-refractivity contribution in [3.05, 3.63) is 39.7 Å². The number of pyridine rings is 1. The second-order valence-corrected chi connectivity index (χ2v) is 5.36. The van der Waals surface area contributed by atoms with Crippen LogP contribution in [0, 0.1) is 0 Å². The first-order chi connectivity index (χ1) is 10.4. The van der Waals surface area contributed by atoms with Crippen LogP contribution in [0.4, 0.5) is 18.9 Å². The average Bonchev–Trinajstić information content (AvgIpc) is 2.82. The Labute approximate surface area is 124 Å². The Kier molecular flexibility index (Phi) is 3.40. The van der Waals surface area contributed by atoms with Gasteiger partial charge in [-0.15, -0.1) is 0 Å². The number of likely N-dealkylation sites (N-methyl/N-ethyl adjacent to an activating group) is 1. The number of anilines is 1. The summed E-state index contributed by atoms with van der Waals surface area (Å²) in [5, 5.41) is 9.49. The number of hydrogen-bond donors (Lipinski definition) is 2. The molecule has 1 aliphatic rings. The quantitative estimate of drug-likeness (QED) is 0.894. The lowest BCUT2D eigenvalue weighted by molar-refractivity contribution is -0.136. The number of rotatable bonds is 2. The summed E-state index contributed by atoms with van der Waals surface area (Å²) in [6.45, 7) is 2.35. The van der Waals surface area contributed by atoms with Crippen molar-refractivity contribution in [2.24, 2.45) is 0 Å². The molecule has 0 aliphatic carbocycles. The predicted octanol–water partition coefficient (Wildman–Crippen LogP) is 2.29. The van der Waals surface area contributed by atoms with Gasteiger partial charge in [-0.2, -0.15) is 13.2 Å². The largest absolute Gasteiger partial charge is 0.417 e. The summed E-state index contributed by atoms with van der Waals surface area (Å²) in [6, 6.07) is 3.56. The van der Waals surface area contributed by atoms with Gasteiger partial charge in [-0.25, -0.2) is 0 Å². The van der Waals surface area contributed by atoms with E-state index in [0.29, 0.717) is 30.3 Å². The molecule has 2 N–H and O–H groups in total. The maximum absolute atomic E-state index is 13.3. The molecule has 2 aromatic rings. The fourth-order valence-electron chi connectivity index (χ4n) is 3.25. The summed E-state index contributed by atoms with van der Waals surface area (Å²) < 4.78 is 39.9. The highest BCUT2D eigenvalue weighted by molar-refractivity contribution is 5.92. The third-order valence-corrected chi connectivity index (χ3v) is 4.14. The molecule has 0 spiro atoms. The van der Waals surface area contributed by atoms with Crippen molar-refractivity contribution < 1.29 is 18.3 Å². The standard InChI is InChI=1S/C15H15F3N2O2/c1-2-20-8(7-21)5-9-12(20)4-3-11-14(9)10(15(16,17)18)6-13(22)19-11/h3-4,6,8,21H,2,5,7H2,1H3,(H,19,22)/t8-/m1/s1. The molecule has 7 heteroatoms. The molecule has 0 saturated heterocycles. The predicted molar refractivity (Wildman–Crippen MR) is 77.2 cm³/mol. The van der Waals surface area contributed by atoms with E-state index >= 15 is 0 Å². The van der Waals surface area contributed by atoms with Crippen LogP contribution in [0.3, 0.4) is 0 Å². The lowest BCUT2D eigenvalue weighted by Gasteiger charge is -2.24. The second-order valence-electron chi connectivity index (χ2n) is 5.36. The minimum absolute atomic E-state index is 0.0269. The first kappa shape index (κ1) is 14.9. The van der Waals surface area contributed by atoms with Gasteiger partial charge in [0.05, 0.1) is 18.2 Å². The third-order valence-electron chi connectivity index (χ3n) is 4.14. The van der Waals surface area contributed by atoms with Crippen molar-refractivity contribution in [3.8, 4) is 0 Å². The molecular formula is C15H15F3N2O2. The summed E-state index contributed by atoms with van der Waals surface area (Å²) in [5.74, 6) is 0. The molecule has 0 fully saturated rings. The fourth-order valence-corrected chi connectivity index (χ4v) is 3.25. The summed E-state index contributed by atoms with van der Waals surface area (Å²) in [6.07, 6.45) is -4.28. The minimum Gasteiger partial charge on any atom is -0.394 e. The molecule has 1 aromatic heterocycles. The van der Waals surface area contributed by atoms with Crippen molar-refractivity contribution >= 4 is 16.6 Å². The van der Waals surface area contributed by atoms with Gasteiger partial charge in [0.2, 0.25) is 5.56 Å². The number of H-pyrrole nitrogens is 1. The minimum atomic E-state index is -4.60. The highest BCUT2D eigenvalue weighted by Crippen LogP contribution is 2.41. The Bertz CT molecular complexity index is 783. The monoisotopic (exact) mass is 312 g/mol. The zero-order chi connectivity index (χ0) is 16.1. The molecule has 3 rings (SSSR count). The molecule has 4 nitrogen and oxygen atoms in total. The molecule has 118 valence electrons. The molecule has 1 aliphatic heterocycles. The normalized spacial score (nSPS) is 18.0. The number of aliphatic hydroxyl groups is 1. The van der Waals surface area contributed by atoms with Crippen molar-refractivity contribution in [2.45, 2.75) is 25.6 Å². The van der Waals surface area contributed by atoms with Crippen molar-refractivity contribution in [1.82, 2.24) is 4.98 Å². The Hall–Kier alpha value is -2.02. The maximum Gasteiger partial charge on any atom is 0.417 e. The maximum atomic E-state index is 13.3. The van der Waals surface area contributed by atoms with Crippen LogP contribution in [0.25, 0.3) is 10.9 Å². The van der Waals surface area contributed by atoms with Gasteiger partial charge in [0.1, 0.15) is 0 Å². The molecule has 1 atom stereocenters. The van der Waals surface area contributed by atoms with E-state index < -0.39 is 17.3 Å². The molecule has 1 aromatic carbocycles. The smallest absolute Gasteiger partial charge is 0.394 e. The van der Waals surface area contributed by atoms with E-state index in [-0.39, 0.29) is 23.6 Å². The number of fused-ring (bicyclic) bond motifs is 3. The molecule has 0 bridgehead atoms. The van der Waals surface area contributed by atoms with E-state index in [9.17, 15) is 23.1 Å². The highest BCUT2D eigenvalue weighted by atomic mass is 19.4. The number of alkyl halides is 3. The molecule has 0 unspecified atom stereocenters. The molecule has 2 heterocycles. The van der Waals surface area contributed by atoms with Crippen LogP contribution >= 0.6 is 0 Å². The van der Waals surface area contributed by atoms with Crippen LogP contribution in [0.15, 0.2) is 23.0 Å². The van der Waals surface area contributed by atoms with Crippen LogP contribution in [-0.2, 0) is 12.6 Å². The van der Waals surface area contributed by atoms with Crippen molar-refractivity contribution in [3.63, 3.8) is 0 Å². The van der Waals surface area contributed by atoms with E-state index in [0.717, 1.165) is 0 Å². The Balaban J connectivity index is 2.36. The number of halogens is 3. The van der Waals surface area contributed by atoms with E-state index in [1.54, 1.807) is 6.07 Å². The Morgan fingerprint density at radius 3 is 2.73 bits per heavy atom. The van der Waals surface area contributed by atoms with Gasteiger partial charge in [-0.1, -0.05) is 0 Å². The molecule has 0 radical (unpaired) electrons. The molecule has 0 saturated carbocycles. The zero-order valence-corrected chi connectivity index (χ0v) is 11.9. The van der Waals surface area contributed by atoms with Crippen LogP contribution in [0.2, 0.25) is 0 Å². The van der Waals surface area contributed by atoms with Gasteiger partial charge >= 0.3 is 6.18 Å². The highest BCUT2D eigenvalue weighted by Gasteiger charge is 2.37. The van der Waals surface area contributed by atoms with Gasteiger partial charge in [-0.05, 0) is 31.0 Å². The number of aromatic amines is 1. The number of aromatic nitrogens is 1. The van der Waals surface area contributed by atoms with Gasteiger partial charge in [0, 0.05) is 29.2 Å². The van der Waals surface area contributed by atoms with Crippen LogP contribution in [0.1, 0.15) is 18.1 Å². The SMILES string of the molecule is CCN1c2ccc3[nH]c(=O)cc(C(F)(F)F)c3c2C[C@@H]1CO. The van der Waals surface area contributed by atoms with Crippen LogP contribution in [-0.4, -0.2) is 29.3 Å². The Morgan fingerprint density at radius 1 is 1.41 bits per heavy atom. The van der Waals surface area contributed by atoms with Gasteiger partial charge < -0.3 is 15.0 Å². The van der Waals surface area contributed by atoms with Crippen molar-refractivity contribution in [1.29, 1.82) is 0 Å². The van der Waals surface area contributed by atoms with E-state index in [4.69, 9.17) is 0 Å². The van der Waals surface area contributed by atoms with Crippen LogP contribution < -0.4 is 10.5 Å². The van der Waals surface area contributed by atoms with Gasteiger partial charge in [0.15, 0.2) is 0 Å². The van der Waals surface area contributed by atoms with E-state index in [2.05, 4.69) is 4.98 Å². The number of hydrogen-bond acceptors (Lipinski definition) is 3. The topological polar surface area (TPSA) is 56.3 Å². The van der Waals surface area contributed by atoms with Gasteiger partial charge in [0.25, 0.3) is 0 Å². The summed E-state index contributed by atoms with van der Waals surface area (Å²) in [4.78, 5) is 15.8. The average molecular weight is 312 g/mol. The summed E-state index contributed by atoms with van der Waals surface area (Å²) in [5.41, 5.74) is -0.302. The van der Waals surface area contributed by atoms with E-state index in [1.165, 1.54) is 6.07 Å². The third kappa shape index (κ3) is 2.16. The van der Waals surface area contributed by atoms with Gasteiger partial charge in [-0.3, -0.25) is 4.79 Å². The number of nitrogens with one attached hydrogen (secondary N) is 1. The van der Waals surface area contributed by atoms with Crippen molar-refractivity contribution in [2.75, 3.05) is 18.1 Å². The molecule has 0 amide bonds. The fraction of sp³-hybridized carbons (Fsp3) is 0.400. The number of nitrogens with zero attached hydrogens (tertiary/aromatic N) is 1. The lowest BCUT2D eigenvalue weighted by atomic mass is 9.99.